The third-order valence-electron chi connectivity index (χ3n) is 3.47. The number of rotatable bonds is 2. The summed E-state index contributed by atoms with van der Waals surface area (Å²) in [6, 6.07) is 7.49. The molecule has 2 rings (SSSR count). The average molecular weight is 257 g/mol. The average Bonchev–Trinajstić information content (AvgIpc) is 2.82. The standard InChI is InChI=1S/C16H19NO2/c1-12-7-8-15(10-12)17-16(19)14-6-2-4-13(11-14)5-3-9-18/h2,4,6,11-12,15,18H,7-10H2,1H3,(H,17,19). The Kier molecular flexibility index (Phi) is 4.59. The molecule has 3 heteroatoms. The van der Waals surface area contributed by atoms with Crippen molar-refractivity contribution in [3.05, 3.63) is 35.4 Å². The molecule has 2 atom stereocenters. The van der Waals surface area contributed by atoms with Gasteiger partial charge in [0.2, 0.25) is 0 Å². The third kappa shape index (κ3) is 3.84. The monoisotopic (exact) mass is 257 g/mol. The van der Waals surface area contributed by atoms with Gasteiger partial charge in [0, 0.05) is 17.2 Å². The maximum absolute atomic E-state index is 12.1. The zero-order chi connectivity index (χ0) is 13.7. The number of aliphatic hydroxyl groups is 1. The molecule has 1 aliphatic carbocycles. The first-order valence-electron chi connectivity index (χ1n) is 6.69. The molecule has 2 unspecified atom stereocenters. The van der Waals surface area contributed by atoms with E-state index in [0.29, 0.717) is 17.5 Å². The lowest BCUT2D eigenvalue weighted by molar-refractivity contribution is 0.0937. The van der Waals surface area contributed by atoms with Gasteiger partial charge in [-0.15, -0.1) is 0 Å². The quantitative estimate of drug-likeness (QED) is 0.796. The summed E-state index contributed by atoms with van der Waals surface area (Å²) in [6.45, 7) is 2.05. The Morgan fingerprint density at radius 1 is 1.47 bits per heavy atom. The fourth-order valence-electron chi connectivity index (χ4n) is 2.49. The number of aliphatic hydroxyl groups excluding tert-OH is 1. The molecular formula is C16H19NO2. The van der Waals surface area contributed by atoms with Gasteiger partial charge in [-0.2, -0.15) is 0 Å². The zero-order valence-electron chi connectivity index (χ0n) is 11.1. The van der Waals surface area contributed by atoms with Gasteiger partial charge in [-0.25, -0.2) is 0 Å². The molecule has 0 aliphatic heterocycles. The number of hydrogen-bond acceptors (Lipinski definition) is 2. The topological polar surface area (TPSA) is 49.3 Å². The van der Waals surface area contributed by atoms with Gasteiger partial charge in [0.1, 0.15) is 6.61 Å². The van der Waals surface area contributed by atoms with Crippen LogP contribution in [-0.4, -0.2) is 23.7 Å². The van der Waals surface area contributed by atoms with Gasteiger partial charge in [-0.3, -0.25) is 4.79 Å². The van der Waals surface area contributed by atoms with E-state index < -0.39 is 0 Å². The summed E-state index contributed by atoms with van der Waals surface area (Å²) in [5.41, 5.74) is 1.38. The lowest BCUT2D eigenvalue weighted by atomic mass is 10.1. The van der Waals surface area contributed by atoms with E-state index in [1.54, 1.807) is 12.1 Å². The van der Waals surface area contributed by atoms with Crippen LogP contribution in [0.3, 0.4) is 0 Å². The number of carbonyl (C=O) groups excluding carboxylic acids is 1. The lowest BCUT2D eigenvalue weighted by Gasteiger charge is -2.12. The normalized spacial score (nSPS) is 21.6. The highest BCUT2D eigenvalue weighted by Crippen LogP contribution is 2.24. The summed E-state index contributed by atoms with van der Waals surface area (Å²) in [5.74, 6) is 6.06. The molecule has 1 saturated carbocycles. The predicted octanol–water partition coefficient (Wildman–Crippen LogP) is 1.95. The fraction of sp³-hybridized carbons (Fsp3) is 0.438. The highest BCUT2D eigenvalue weighted by atomic mass is 16.2. The molecule has 1 aromatic carbocycles. The van der Waals surface area contributed by atoms with Crippen LogP contribution in [0.15, 0.2) is 24.3 Å². The van der Waals surface area contributed by atoms with Crippen LogP contribution in [-0.2, 0) is 0 Å². The molecule has 1 aromatic rings. The second-order valence-corrected chi connectivity index (χ2v) is 5.13. The van der Waals surface area contributed by atoms with Crippen LogP contribution in [0.5, 0.6) is 0 Å². The van der Waals surface area contributed by atoms with E-state index in [-0.39, 0.29) is 12.5 Å². The summed E-state index contributed by atoms with van der Waals surface area (Å²) >= 11 is 0. The van der Waals surface area contributed by atoms with Gasteiger partial charge in [0.05, 0.1) is 0 Å². The van der Waals surface area contributed by atoms with E-state index in [2.05, 4.69) is 24.1 Å². The van der Waals surface area contributed by atoms with Crippen molar-refractivity contribution in [2.75, 3.05) is 6.61 Å². The van der Waals surface area contributed by atoms with Gasteiger partial charge in [0.25, 0.3) is 5.91 Å². The van der Waals surface area contributed by atoms with Crippen molar-refractivity contribution in [3.63, 3.8) is 0 Å². The van der Waals surface area contributed by atoms with Crippen LogP contribution < -0.4 is 5.32 Å². The Bertz CT molecular complexity index is 513. The Balaban J connectivity index is 2.02. The number of carbonyl (C=O) groups is 1. The highest BCUT2D eigenvalue weighted by molar-refractivity contribution is 5.94. The minimum absolute atomic E-state index is 0.0354. The number of amides is 1. The molecule has 2 N–H and O–H groups in total. The lowest BCUT2D eigenvalue weighted by Crippen LogP contribution is -2.32. The molecule has 100 valence electrons. The Morgan fingerprint density at radius 2 is 2.32 bits per heavy atom. The number of nitrogens with one attached hydrogen (secondary N) is 1. The van der Waals surface area contributed by atoms with Crippen LogP contribution in [0.2, 0.25) is 0 Å². The van der Waals surface area contributed by atoms with Crippen LogP contribution in [0.4, 0.5) is 0 Å². The molecule has 1 aliphatic rings. The first-order chi connectivity index (χ1) is 9.19. The molecule has 0 aromatic heterocycles. The van der Waals surface area contributed by atoms with Gasteiger partial charge >= 0.3 is 0 Å². The maximum Gasteiger partial charge on any atom is 0.251 e. The molecule has 0 heterocycles. The van der Waals surface area contributed by atoms with E-state index in [9.17, 15) is 4.79 Å². The summed E-state index contributed by atoms with van der Waals surface area (Å²) in [6.07, 6.45) is 3.32. The second kappa shape index (κ2) is 6.40. The fourth-order valence-corrected chi connectivity index (χ4v) is 2.49. The minimum Gasteiger partial charge on any atom is -0.384 e. The van der Waals surface area contributed by atoms with E-state index in [1.807, 2.05) is 12.1 Å². The SMILES string of the molecule is CC1CCC(NC(=O)c2cccc(C#CCO)c2)C1. The van der Waals surface area contributed by atoms with Gasteiger partial charge in [0.15, 0.2) is 0 Å². The van der Waals surface area contributed by atoms with Crippen LogP contribution >= 0.6 is 0 Å². The number of benzene rings is 1. The van der Waals surface area contributed by atoms with E-state index >= 15 is 0 Å². The summed E-state index contributed by atoms with van der Waals surface area (Å²) < 4.78 is 0. The Morgan fingerprint density at radius 3 is 3.00 bits per heavy atom. The van der Waals surface area contributed by atoms with Crippen molar-refractivity contribution in [2.24, 2.45) is 5.92 Å². The van der Waals surface area contributed by atoms with Crippen molar-refractivity contribution < 1.29 is 9.90 Å². The molecule has 1 amide bonds. The third-order valence-corrected chi connectivity index (χ3v) is 3.47. The first-order valence-corrected chi connectivity index (χ1v) is 6.69. The van der Waals surface area contributed by atoms with Gasteiger partial charge in [-0.1, -0.05) is 24.8 Å². The molecule has 1 fully saturated rings. The van der Waals surface area contributed by atoms with Gasteiger partial charge < -0.3 is 10.4 Å². The van der Waals surface area contributed by atoms with Gasteiger partial charge in [-0.05, 0) is 43.4 Å². The number of hydrogen-bond donors (Lipinski definition) is 2. The molecule has 3 nitrogen and oxygen atoms in total. The van der Waals surface area contributed by atoms with E-state index in [4.69, 9.17) is 5.11 Å². The van der Waals surface area contributed by atoms with Crippen LogP contribution in [0.1, 0.15) is 42.1 Å². The molecule has 0 bridgehead atoms. The first kappa shape index (κ1) is 13.6. The minimum atomic E-state index is -0.170. The molecular weight excluding hydrogens is 238 g/mol. The van der Waals surface area contributed by atoms with E-state index in [1.165, 1.54) is 6.42 Å². The van der Waals surface area contributed by atoms with Crippen LogP contribution in [0.25, 0.3) is 0 Å². The van der Waals surface area contributed by atoms with Crippen molar-refractivity contribution in [1.29, 1.82) is 0 Å². The van der Waals surface area contributed by atoms with Crippen molar-refractivity contribution in [1.82, 2.24) is 5.32 Å². The molecule has 0 radical (unpaired) electrons. The summed E-state index contributed by atoms with van der Waals surface area (Å²) in [7, 11) is 0. The summed E-state index contributed by atoms with van der Waals surface area (Å²) in [5, 5.41) is 11.7. The maximum atomic E-state index is 12.1. The predicted molar refractivity (Wildman–Crippen MR) is 74.7 cm³/mol. The van der Waals surface area contributed by atoms with Crippen LogP contribution in [0, 0.1) is 17.8 Å². The zero-order valence-corrected chi connectivity index (χ0v) is 11.1. The second-order valence-electron chi connectivity index (χ2n) is 5.13. The smallest absolute Gasteiger partial charge is 0.251 e. The Labute approximate surface area is 114 Å². The van der Waals surface area contributed by atoms with Crippen molar-refractivity contribution >= 4 is 5.91 Å². The highest BCUT2D eigenvalue weighted by Gasteiger charge is 2.22. The largest absolute Gasteiger partial charge is 0.384 e. The summed E-state index contributed by atoms with van der Waals surface area (Å²) in [4.78, 5) is 12.1. The van der Waals surface area contributed by atoms with Crippen molar-refractivity contribution in [3.8, 4) is 11.8 Å². The molecule has 0 spiro atoms. The van der Waals surface area contributed by atoms with E-state index in [0.717, 1.165) is 18.4 Å². The Hall–Kier alpha value is -1.79. The molecule has 0 saturated heterocycles. The van der Waals surface area contributed by atoms with Crippen molar-refractivity contribution in [2.45, 2.75) is 32.2 Å². The molecule has 19 heavy (non-hydrogen) atoms.